The molecule has 20 heavy (non-hydrogen) atoms. The quantitative estimate of drug-likeness (QED) is 0.814. The van der Waals surface area contributed by atoms with Crippen LogP contribution in [-0.2, 0) is 13.1 Å². The van der Waals surface area contributed by atoms with Gasteiger partial charge in [0, 0.05) is 40.1 Å². The normalized spacial score (nSPS) is 11.1. The van der Waals surface area contributed by atoms with Crippen LogP contribution in [0.4, 0.5) is 5.69 Å². The standard InChI is InChI=1S/C16H21BrN2S/c1-12(2)18-9-13-6-4-5-7-16(13)19(3)10-15-8-14(17)11-20-15/h4-8,11-12,18H,9-10H2,1-3H3. The third-order valence-corrected chi connectivity index (χ3v) is 4.80. The van der Waals surface area contributed by atoms with Gasteiger partial charge in [-0.15, -0.1) is 11.3 Å². The Hall–Kier alpha value is -0.840. The van der Waals surface area contributed by atoms with Crippen molar-refractivity contribution in [3.05, 3.63) is 50.6 Å². The third kappa shape index (κ3) is 4.33. The molecular formula is C16H21BrN2S. The highest BCUT2D eigenvalue weighted by Crippen LogP contribution is 2.25. The lowest BCUT2D eigenvalue weighted by atomic mass is 10.1. The lowest BCUT2D eigenvalue weighted by Gasteiger charge is -2.22. The Morgan fingerprint density at radius 3 is 2.70 bits per heavy atom. The maximum atomic E-state index is 3.52. The Morgan fingerprint density at radius 1 is 1.30 bits per heavy atom. The average Bonchev–Trinajstić information content (AvgIpc) is 2.82. The fourth-order valence-corrected chi connectivity index (χ4v) is 3.61. The second kappa shape index (κ2) is 7.25. The van der Waals surface area contributed by atoms with E-state index in [1.807, 2.05) is 0 Å². The minimum Gasteiger partial charge on any atom is -0.369 e. The van der Waals surface area contributed by atoms with Crippen LogP contribution in [-0.4, -0.2) is 13.1 Å². The molecule has 0 amide bonds. The molecule has 2 aromatic rings. The summed E-state index contributed by atoms with van der Waals surface area (Å²) in [5, 5.41) is 5.63. The number of hydrogen-bond donors (Lipinski definition) is 1. The minimum atomic E-state index is 0.501. The van der Waals surface area contributed by atoms with Crippen LogP contribution in [0.1, 0.15) is 24.3 Å². The summed E-state index contributed by atoms with van der Waals surface area (Å²) in [4.78, 5) is 3.68. The first-order chi connectivity index (χ1) is 9.56. The fourth-order valence-electron chi connectivity index (χ4n) is 2.10. The van der Waals surface area contributed by atoms with Crippen molar-refractivity contribution < 1.29 is 0 Å². The Kier molecular flexibility index (Phi) is 5.64. The average molecular weight is 353 g/mol. The zero-order chi connectivity index (χ0) is 14.5. The van der Waals surface area contributed by atoms with Crippen molar-refractivity contribution in [2.24, 2.45) is 0 Å². The first kappa shape index (κ1) is 15.5. The number of hydrogen-bond acceptors (Lipinski definition) is 3. The van der Waals surface area contributed by atoms with E-state index in [1.54, 1.807) is 11.3 Å². The molecule has 1 heterocycles. The maximum Gasteiger partial charge on any atom is 0.0520 e. The largest absolute Gasteiger partial charge is 0.369 e. The summed E-state index contributed by atoms with van der Waals surface area (Å²) in [6.45, 7) is 6.20. The molecule has 0 aliphatic carbocycles. The van der Waals surface area contributed by atoms with Gasteiger partial charge in [0.25, 0.3) is 0 Å². The van der Waals surface area contributed by atoms with Crippen molar-refractivity contribution >= 4 is 33.0 Å². The number of rotatable bonds is 6. The highest BCUT2D eigenvalue weighted by atomic mass is 79.9. The van der Waals surface area contributed by atoms with Crippen molar-refractivity contribution in [2.75, 3.05) is 11.9 Å². The second-order valence-corrected chi connectivity index (χ2v) is 7.16. The molecule has 1 N–H and O–H groups in total. The summed E-state index contributed by atoms with van der Waals surface area (Å²) in [6, 6.07) is 11.3. The van der Waals surface area contributed by atoms with Crippen LogP contribution in [0.5, 0.6) is 0 Å². The minimum absolute atomic E-state index is 0.501. The van der Waals surface area contributed by atoms with Gasteiger partial charge in [-0.05, 0) is 33.6 Å². The van der Waals surface area contributed by atoms with E-state index in [4.69, 9.17) is 0 Å². The Labute approximate surface area is 133 Å². The van der Waals surface area contributed by atoms with Gasteiger partial charge in [0.05, 0.1) is 6.54 Å². The first-order valence-electron chi connectivity index (χ1n) is 6.81. The van der Waals surface area contributed by atoms with E-state index in [0.29, 0.717) is 6.04 Å². The van der Waals surface area contributed by atoms with Crippen LogP contribution in [0.15, 0.2) is 40.2 Å². The molecule has 0 unspecified atom stereocenters. The van der Waals surface area contributed by atoms with Crippen molar-refractivity contribution in [3.63, 3.8) is 0 Å². The maximum absolute atomic E-state index is 3.52. The summed E-state index contributed by atoms with van der Waals surface area (Å²) in [5.41, 5.74) is 2.64. The molecule has 0 bridgehead atoms. The summed E-state index contributed by atoms with van der Waals surface area (Å²) >= 11 is 5.31. The van der Waals surface area contributed by atoms with Crippen LogP contribution in [0.2, 0.25) is 0 Å². The van der Waals surface area contributed by atoms with Crippen molar-refractivity contribution in [2.45, 2.75) is 33.0 Å². The smallest absolute Gasteiger partial charge is 0.0520 e. The number of para-hydroxylation sites is 1. The summed E-state index contributed by atoms with van der Waals surface area (Å²) in [6.07, 6.45) is 0. The van der Waals surface area contributed by atoms with Gasteiger partial charge >= 0.3 is 0 Å². The predicted octanol–water partition coefficient (Wildman–Crippen LogP) is 4.65. The Balaban J connectivity index is 2.10. The van der Waals surface area contributed by atoms with Crippen LogP contribution in [0, 0.1) is 0 Å². The molecule has 2 nitrogen and oxygen atoms in total. The highest BCUT2D eigenvalue weighted by molar-refractivity contribution is 9.10. The van der Waals surface area contributed by atoms with Gasteiger partial charge in [0.1, 0.15) is 0 Å². The lowest BCUT2D eigenvalue weighted by Crippen LogP contribution is -2.24. The topological polar surface area (TPSA) is 15.3 Å². The molecule has 0 saturated carbocycles. The number of nitrogens with one attached hydrogen (secondary N) is 1. The highest BCUT2D eigenvalue weighted by Gasteiger charge is 2.09. The van der Waals surface area contributed by atoms with Gasteiger partial charge in [-0.2, -0.15) is 0 Å². The zero-order valence-electron chi connectivity index (χ0n) is 12.2. The molecule has 108 valence electrons. The molecule has 1 aromatic carbocycles. The fraction of sp³-hybridized carbons (Fsp3) is 0.375. The van der Waals surface area contributed by atoms with Crippen LogP contribution in [0.25, 0.3) is 0 Å². The van der Waals surface area contributed by atoms with Gasteiger partial charge < -0.3 is 10.2 Å². The molecule has 0 radical (unpaired) electrons. The molecule has 1 aromatic heterocycles. The van der Waals surface area contributed by atoms with E-state index in [9.17, 15) is 0 Å². The second-order valence-electron chi connectivity index (χ2n) is 5.25. The van der Waals surface area contributed by atoms with Crippen molar-refractivity contribution in [1.82, 2.24) is 5.32 Å². The van der Waals surface area contributed by atoms with E-state index in [1.165, 1.54) is 20.6 Å². The number of anilines is 1. The zero-order valence-corrected chi connectivity index (χ0v) is 14.6. The van der Waals surface area contributed by atoms with Gasteiger partial charge in [-0.3, -0.25) is 0 Å². The van der Waals surface area contributed by atoms with E-state index in [-0.39, 0.29) is 0 Å². The summed E-state index contributed by atoms with van der Waals surface area (Å²) < 4.78 is 1.17. The summed E-state index contributed by atoms with van der Waals surface area (Å²) in [5.74, 6) is 0. The van der Waals surface area contributed by atoms with Gasteiger partial charge in [-0.25, -0.2) is 0 Å². The van der Waals surface area contributed by atoms with Gasteiger partial charge in [0.2, 0.25) is 0 Å². The number of thiophene rings is 1. The van der Waals surface area contributed by atoms with Crippen LogP contribution >= 0.6 is 27.3 Å². The molecule has 0 fully saturated rings. The SMILES string of the molecule is CC(C)NCc1ccccc1N(C)Cc1cc(Br)cs1. The van der Waals surface area contributed by atoms with Crippen molar-refractivity contribution in [3.8, 4) is 0 Å². The number of nitrogens with zero attached hydrogens (tertiary/aromatic N) is 1. The van der Waals surface area contributed by atoms with Crippen LogP contribution < -0.4 is 10.2 Å². The van der Waals surface area contributed by atoms with Gasteiger partial charge in [-0.1, -0.05) is 32.0 Å². The Morgan fingerprint density at radius 2 is 2.05 bits per heavy atom. The van der Waals surface area contributed by atoms with E-state index in [0.717, 1.165) is 13.1 Å². The third-order valence-electron chi connectivity index (χ3n) is 3.12. The van der Waals surface area contributed by atoms with Crippen LogP contribution in [0.3, 0.4) is 0 Å². The number of benzene rings is 1. The molecule has 0 aliphatic rings. The van der Waals surface area contributed by atoms with Crippen molar-refractivity contribution in [1.29, 1.82) is 0 Å². The monoisotopic (exact) mass is 352 g/mol. The number of halogens is 1. The van der Waals surface area contributed by atoms with E-state index < -0.39 is 0 Å². The first-order valence-corrected chi connectivity index (χ1v) is 8.49. The van der Waals surface area contributed by atoms with E-state index >= 15 is 0 Å². The summed E-state index contributed by atoms with van der Waals surface area (Å²) in [7, 11) is 2.15. The van der Waals surface area contributed by atoms with Gasteiger partial charge in [0.15, 0.2) is 0 Å². The molecule has 0 spiro atoms. The molecule has 2 rings (SSSR count). The Bertz CT molecular complexity index is 551. The molecule has 0 atom stereocenters. The van der Waals surface area contributed by atoms with E-state index in [2.05, 4.69) is 82.8 Å². The molecular weight excluding hydrogens is 332 g/mol. The molecule has 0 saturated heterocycles. The lowest BCUT2D eigenvalue weighted by molar-refractivity contribution is 0.588. The molecule has 4 heteroatoms. The molecule has 0 aliphatic heterocycles. The predicted molar refractivity (Wildman–Crippen MR) is 92.5 cm³/mol.